The normalized spacial score (nSPS) is 15.4. The average molecular weight is 445 g/mol. The molecule has 0 radical (unpaired) electrons. The zero-order valence-electron chi connectivity index (χ0n) is 20.2. The van der Waals surface area contributed by atoms with Crippen molar-refractivity contribution in [1.29, 1.82) is 0 Å². The Labute approximate surface area is 191 Å². The highest BCUT2D eigenvalue weighted by molar-refractivity contribution is 4.90. The lowest BCUT2D eigenvalue weighted by Crippen LogP contribution is -2.34. The van der Waals surface area contributed by atoms with E-state index in [4.69, 9.17) is 25.4 Å². The molecule has 184 valence electrons. The third-order valence-electron chi connectivity index (χ3n) is 5.58. The van der Waals surface area contributed by atoms with Gasteiger partial charge in [-0.3, -0.25) is 0 Å². The van der Waals surface area contributed by atoms with Gasteiger partial charge in [-0.2, -0.15) is 0 Å². The average Bonchev–Trinajstić information content (AvgIpc) is 2.77. The van der Waals surface area contributed by atoms with Crippen molar-refractivity contribution in [2.75, 3.05) is 27.8 Å². The molecule has 0 fully saturated rings. The molecule has 0 bridgehead atoms. The fourth-order valence-electron chi connectivity index (χ4n) is 3.67. The summed E-state index contributed by atoms with van der Waals surface area (Å²) in [4.78, 5) is 0. The minimum atomic E-state index is -0.763. The molecule has 0 spiro atoms. The summed E-state index contributed by atoms with van der Waals surface area (Å²) >= 11 is 0. The number of methoxy groups -OCH3 is 2. The highest BCUT2D eigenvalue weighted by Gasteiger charge is 2.24. The maximum Gasteiger partial charge on any atom is 0.146 e. The first kappa shape index (κ1) is 30.3. The van der Waals surface area contributed by atoms with Crippen LogP contribution in [0.3, 0.4) is 0 Å². The topological polar surface area (TPSA) is 77.4 Å². The molecular formula is C25H48O6. The smallest absolute Gasteiger partial charge is 0.146 e. The highest BCUT2D eigenvalue weighted by Crippen LogP contribution is 2.19. The van der Waals surface area contributed by atoms with E-state index in [1.165, 1.54) is 58.5 Å². The molecule has 0 rings (SSSR count). The van der Waals surface area contributed by atoms with Crippen molar-refractivity contribution >= 4 is 0 Å². The van der Waals surface area contributed by atoms with Crippen LogP contribution in [0.2, 0.25) is 0 Å². The monoisotopic (exact) mass is 444 g/mol. The Morgan fingerprint density at radius 2 is 1.13 bits per heavy atom. The molecule has 0 unspecified atom stereocenters. The van der Waals surface area contributed by atoms with Crippen molar-refractivity contribution in [2.45, 2.75) is 121 Å². The summed E-state index contributed by atoms with van der Waals surface area (Å²) in [5.41, 5.74) is 0. The Bertz CT molecular complexity index is 411. The van der Waals surface area contributed by atoms with Gasteiger partial charge in [-0.25, -0.2) is 0 Å². The molecule has 0 saturated heterocycles. The molecule has 0 heterocycles. The Hall–Kier alpha value is -0.680. The molecule has 0 aromatic heterocycles. The van der Waals surface area contributed by atoms with Crippen molar-refractivity contribution in [2.24, 2.45) is 0 Å². The van der Waals surface area contributed by atoms with E-state index in [0.29, 0.717) is 19.3 Å². The second-order valence-corrected chi connectivity index (χ2v) is 8.31. The maximum absolute atomic E-state index is 10.6. The second-order valence-electron chi connectivity index (χ2n) is 8.31. The standard InChI is InChI=1S/C25H48O6/c1-5-7-8-9-10-11-12-13-14-15-17-25(31-21-29-4)23(27)19-18-22(26)24(16-6-2)30-20-28-3/h2,22-27H,5,7-21H2,1,3-4H3/t22-,23+,24-,25+/m0/s1. The quantitative estimate of drug-likeness (QED) is 0.134. The number of aliphatic hydroxyl groups excluding tert-OH is 2. The Kier molecular flexibility index (Phi) is 22.0. The predicted octanol–water partition coefficient (Wildman–Crippen LogP) is 4.80. The summed E-state index contributed by atoms with van der Waals surface area (Å²) in [6.45, 7) is 2.47. The summed E-state index contributed by atoms with van der Waals surface area (Å²) in [7, 11) is 3.10. The lowest BCUT2D eigenvalue weighted by molar-refractivity contribution is -0.127. The van der Waals surface area contributed by atoms with Crippen molar-refractivity contribution in [1.82, 2.24) is 0 Å². The first-order valence-electron chi connectivity index (χ1n) is 12.1. The zero-order chi connectivity index (χ0) is 23.2. The lowest BCUT2D eigenvalue weighted by atomic mass is 9.97. The molecule has 0 saturated carbocycles. The van der Waals surface area contributed by atoms with Gasteiger partial charge in [0.2, 0.25) is 0 Å². The molecule has 0 aliphatic rings. The van der Waals surface area contributed by atoms with Gasteiger partial charge in [0.25, 0.3) is 0 Å². The van der Waals surface area contributed by atoms with E-state index in [2.05, 4.69) is 12.8 Å². The van der Waals surface area contributed by atoms with E-state index in [1.54, 1.807) is 7.11 Å². The van der Waals surface area contributed by atoms with Crippen molar-refractivity contribution in [3.8, 4) is 12.3 Å². The van der Waals surface area contributed by atoms with Gasteiger partial charge in [0, 0.05) is 20.6 Å². The van der Waals surface area contributed by atoms with Gasteiger partial charge >= 0.3 is 0 Å². The molecule has 0 aromatic carbocycles. The maximum atomic E-state index is 10.6. The molecule has 6 nitrogen and oxygen atoms in total. The minimum absolute atomic E-state index is 0.0737. The van der Waals surface area contributed by atoms with Crippen LogP contribution >= 0.6 is 0 Å². The summed E-state index contributed by atoms with van der Waals surface area (Å²) in [5.74, 6) is 2.51. The minimum Gasteiger partial charge on any atom is -0.390 e. The van der Waals surface area contributed by atoms with Gasteiger partial charge in [-0.15, -0.1) is 12.3 Å². The Balaban J connectivity index is 4.18. The number of aliphatic hydroxyl groups is 2. The first-order chi connectivity index (χ1) is 15.1. The summed E-state index contributed by atoms with van der Waals surface area (Å²) in [5, 5.41) is 21.0. The van der Waals surface area contributed by atoms with Crippen LogP contribution < -0.4 is 0 Å². The summed E-state index contributed by atoms with van der Waals surface area (Å²) in [6.07, 6.45) is 17.7. The van der Waals surface area contributed by atoms with Crippen LogP contribution in [-0.2, 0) is 18.9 Å². The number of rotatable bonds is 23. The molecule has 31 heavy (non-hydrogen) atoms. The van der Waals surface area contributed by atoms with Crippen LogP contribution in [0, 0.1) is 12.3 Å². The number of ether oxygens (including phenoxy) is 4. The highest BCUT2D eigenvalue weighted by atomic mass is 16.7. The third-order valence-corrected chi connectivity index (χ3v) is 5.58. The van der Waals surface area contributed by atoms with E-state index in [-0.39, 0.29) is 19.7 Å². The fraction of sp³-hybridized carbons (Fsp3) is 0.920. The SMILES string of the molecule is C#CC[C@H](OCOC)[C@@H](O)CC[C@@H](O)[C@@H](CCCCCCCCCCCC)OCOC. The zero-order valence-corrected chi connectivity index (χ0v) is 20.2. The van der Waals surface area contributed by atoms with E-state index in [0.717, 1.165) is 19.3 Å². The summed E-state index contributed by atoms with van der Waals surface area (Å²) < 4.78 is 21.1. The number of terminal acetylenes is 1. The summed E-state index contributed by atoms with van der Waals surface area (Å²) in [6, 6.07) is 0. The van der Waals surface area contributed by atoms with Gasteiger partial charge in [0.05, 0.1) is 24.4 Å². The molecule has 6 heteroatoms. The number of hydrogen-bond acceptors (Lipinski definition) is 6. The largest absolute Gasteiger partial charge is 0.390 e. The predicted molar refractivity (Wildman–Crippen MR) is 125 cm³/mol. The van der Waals surface area contributed by atoms with Gasteiger partial charge in [-0.1, -0.05) is 71.1 Å². The molecule has 4 atom stereocenters. The van der Waals surface area contributed by atoms with Crippen molar-refractivity contribution in [3.05, 3.63) is 0 Å². The fourth-order valence-corrected chi connectivity index (χ4v) is 3.67. The van der Waals surface area contributed by atoms with E-state index >= 15 is 0 Å². The number of unbranched alkanes of at least 4 members (excludes halogenated alkanes) is 9. The van der Waals surface area contributed by atoms with Crippen LogP contribution in [0.5, 0.6) is 0 Å². The molecule has 2 N–H and O–H groups in total. The van der Waals surface area contributed by atoms with Crippen LogP contribution in [0.1, 0.15) is 96.8 Å². The molecule has 0 aliphatic heterocycles. The second kappa shape index (κ2) is 22.5. The molecular weight excluding hydrogens is 396 g/mol. The number of hydrogen-bond donors (Lipinski definition) is 2. The third kappa shape index (κ3) is 17.5. The van der Waals surface area contributed by atoms with Crippen LogP contribution in [-0.4, -0.2) is 62.4 Å². The van der Waals surface area contributed by atoms with Gasteiger partial charge in [-0.05, 0) is 19.3 Å². The van der Waals surface area contributed by atoms with Crippen molar-refractivity contribution < 1.29 is 29.2 Å². The van der Waals surface area contributed by atoms with Crippen molar-refractivity contribution in [3.63, 3.8) is 0 Å². The first-order valence-corrected chi connectivity index (χ1v) is 12.1. The molecule has 0 amide bonds. The Morgan fingerprint density at radius 1 is 0.677 bits per heavy atom. The van der Waals surface area contributed by atoms with Crippen LogP contribution in [0.4, 0.5) is 0 Å². The van der Waals surface area contributed by atoms with Gasteiger partial charge < -0.3 is 29.2 Å². The van der Waals surface area contributed by atoms with Gasteiger partial charge in [0.15, 0.2) is 0 Å². The molecule has 0 aliphatic carbocycles. The van der Waals surface area contributed by atoms with Crippen LogP contribution in [0.15, 0.2) is 0 Å². The lowest BCUT2D eigenvalue weighted by Gasteiger charge is -2.26. The van der Waals surface area contributed by atoms with E-state index in [1.807, 2.05) is 0 Å². The van der Waals surface area contributed by atoms with Gasteiger partial charge in [0.1, 0.15) is 13.6 Å². The van der Waals surface area contributed by atoms with E-state index < -0.39 is 18.3 Å². The van der Waals surface area contributed by atoms with Crippen LogP contribution in [0.25, 0.3) is 0 Å². The Morgan fingerprint density at radius 3 is 1.61 bits per heavy atom. The van der Waals surface area contributed by atoms with E-state index in [9.17, 15) is 10.2 Å². The molecule has 0 aromatic rings.